The minimum atomic E-state index is 0.00673. The van der Waals surface area contributed by atoms with Gasteiger partial charge in [0.2, 0.25) is 0 Å². The summed E-state index contributed by atoms with van der Waals surface area (Å²) < 4.78 is 11.5. The number of fused-ring (bicyclic) bond motifs is 1. The first kappa shape index (κ1) is 18.6. The lowest BCUT2D eigenvalue weighted by atomic mass is 10.0. The summed E-state index contributed by atoms with van der Waals surface area (Å²) in [6.45, 7) is 9.12. The number of Topliss-reactive ketones (excluding diaryl/α,β-unsaturated/α-hetero) is 1. The summed E-state index contributed by atoms with van der Waals surface area (Å²) in [6, 6.07) is 13.8. The first-order chi connectivity index (χ1) is 13.3. The molecule has 0 unspecified atom stereocenters. The molecule has 1 saturated carbocycles. The monoisotopic (exact) mass is 377 g/mol. The van der Waals surface area contributed by atoms with E-state index >= 15 is 0 Å². The second kappa shape index (κ2) is 6.40. The van der Waals surface area contributed by atoms with Crippen LogP contribution in [-0.2, 0) is 6.61 Å². The maximum absolute atomic E-state index is 13.3. The molecular formula is C24H27NO3. The molecule has 1 heterocycles. The third kappa shape index (κ3) is 2.79. The van der Waals surface area contributed by atoms with Crippen molar-refractivity contribution < 1.29 is 14.3 Å². The zero-order valence-corrected chi connectivity index (χ0v) is 17.1. The number of methoxy groups -OCH3 is 1. The zero-order valence-electron chi connectivity index (χ0n) is 17.1. The number of H-pyrrole nitrogens is 1. The molecule has 0 atom stereocenters. The summed E-state index contributed by atoms with van der Waals surface area (Å²) in [5.74, 6) is 1.51. The van der Waals surface area contributed by atoms with Crippen LogP contribution in [0, 0.1) is 16.7 Å². The second-order valence-electron chi connectivity index (χ2n) is 8.77. The van der Waals surface area contributed by atoms with Gasteiger partial charge in [-0.2, -0.15) is 0 Å². The van der Waals surface area contributed by atoms with Crippen LogP contribution in [0.25, 0.3) is 10.9 Å². The highest BCUT2D eigenvalue weighted by Crippen LogP contribution is 2.69. The summed E-state index contributed by atoms with van der Waals surface area (Å²) >= 11 is 0. The van der Waals surface area contributed by atoms with Crippen LogP contribution in [0.15, 0.2) is 48.7 Å². The second-order valence-corrected chi connectivity index (χ2v) is 8.77. The van der Waals surface area contributed by atoms with Crippen LogP contribution in [0.5, 0.6) is 11.5 Å². The van der Waals surface area contributed by atoms with Crippen molar-refractivity contribution >= 4 is 16.7 Å². The van der Waals surface area contributed by atoms with E-state index in [0.29, 0.717) is 18.1 Å². The van der Waals surface area contributed by atoms with Gasteiger partial charge in [0.05, 0.1) is 12.6 Å². The van der Waals surface area contributed by atoms with Crippen LogP contribution in [0.3, 0.4) is 0 Å². The molecule has 4 heteroatoms. The Balaban J connectivity index is 1.68. The van der Waals surface area contributed by atoms with Crippen molar-refractivity contribution in [3.63, 3.8) is 0 Å². The fourth-order valence-corrected chi connectivity index (χ4v) is 4.35. The summed E-state index contributed by atoms with van der Waals surface area (Å²) in [6.07, 6.45) is 1.82. The van der Waals surface area contributed by atoms with E-state index in [1.807, 2.05) is 48.7 Å². The van der Waals surface area contributed by atoms with E-state index in [4.69, 9.17) is 9.47 Å². The average Bonchev–Trinajstić information content (AvgIpc) is 2.96. The van der Waals surface area contributed by atoms with Crippen molar-refractivity contribution in [1.29, 1.82) is 0 Å². The van der Waals surface area contributed by atoms with Crippen LogP contribution in [-0.4, -0.2) is 17.9 Å². The molecule has 1 aliphatic carbocycles. The summed E-state index contributed by atoms with van der Waals surface area (Å²) in [5, 5.41) is 0.882. The molecule has 4 rings (SSSR count). The molecular weight excluding hydrogens is 350 g/mol. The number of aromatic nitrogens is 1. The van der Waals surface area contributed by atoms with Gasteiger partial charge in [0.1, 0.15) is 6.61 Å². The smallest absolute Gasteiger partial charge is 0.169 e. The van der Waals surface area contributed by atoms with Crippen LogP contribution < -0.4 is 9.47 Å². The number of hydrogen-bond donors (Lipinski definition) is 1. The highest BCUT2D eigenvalue weighted by Gasteiger charge is 2.68. The lowest BCUT2D eigenvalue weighted by Crippen LogP contribution is -2.07. The molecule has 0 aliphatic heterocycles. The zero-order chi connectivity index (χ0) is 20.1. The van der Waals surface area contributed by atoms with Gasteiger partial charge < -0.3 is 14.5 Å². The van der Waals surface area contributed by atoms with Crippen molar-refractivity contribution in [2.75, 3.05) is 7.11 Å². The molecule has 0 amide bonds. The Hall–Kier alpha value is -2.75. The van der Waals surface area contributed by atoms with E-state index in [-0.39, 0.29) is 22.5 Å². The van der Waals surface area contributed by atoms with Gasteiger partial charge in [0, 0.05) is 29.1 Å². The molecule has 1 aromatic heterocycles. The van der Waals surface area contributed by atoms with Gasteiger partial charge in [0.15, 0.2) is 17.3 Å². The Morgan fingerprint density at radius 2 is 1.71 bits per heavy atom. The maximum Gasteiger partial charge on any atom is 0.169 e. The normalized spacial score (nSPS) is 17.5. The molecule has 146 valence electrons. The quantitative estimate of drug-likeness (QED) is 0.567. The fraction of sp³-hybridized carbons (Fsp3) is 0.375. The molecule has 0 saturated heterocycles. The van der Waals surface area contributed by atoms with E-state index in [9.17, 15) is 4.79 Å². The Kier molecular flexibility index (Phi) is 4.25. The Bertz CT molecular complexity index is 1020. The first-order valence-corrected chi connectivity index (χ1v) is 9.67. The van der Waals surface area contributed by atoms with E-state index in [1.165, 1.54) is 0 Å². The van der Waals surface area contributed by atoms with Crippen molar-refractivity contribution in [3.05, 3.63) is 59.8 Å². The number of aromatic amines is 1. The third-order valence-corrected chi connectivity index (χ3v) is 6.75. The van der Waals surface area contributed by atoms with Crippen molar-refractivity contribution in [1.82, 2.24) is 4.98 Å². The van der Waals surface area contributed by atoms with Gasteiger partial charge in [-0.1, -0.05) is 58.0 Å². The minimum Gasteiger partial charge on any atom is -0.493 e. The van der Waals surface area contributed by atoms with Gasteiger partial charge >= 0.3 is 0 Å². The predicted octanol–water partition coefficient (Wildman–Crippen LogP) is 5.62. The van der Waals surface area contributed by atoms with Crippen molar-refractivity contribution in [2.24, 2.45) is 16.7 Å². The van der Waals surface area contributed by atoms with Gasteiger partial charge in [-0.05, 0) is 22.5 Å². The topological polar surface area (TPSA) is 51.3 Å². The number of nitrogens with one attached hydrogen (secondary N) is 1. The van der Waals surface area contributed by atoms with Gasteiger partial charge in [-0.15, -0.1) is 0 Å². The number of rotatable bonds is 6. The largest absolute Gasteiger partial charge is 0.493 e. The van der Waals surface area contributed by atoms with Crippen LogP contribution >= 0.6 is 0 Å². The molecule has 3 aromatic rings. The molecule has 1 N–H and O–H groups in total. The van der Waals surface area contributed by atoms with Gasteiger partial charge in [-0.3, -0.25) is 4.79 Å². The van der Waals surface area contributed by atoms with Gasteiger partial charge in [-0.25, -0.2) is 0 Å². The standard InChI is InChI=1S/C24H27NO3/c1-23(2)22(24(23,3)4)21(26)17-13-25-18-12-19(27-5)20(11-16(17)18)28-14-15-9-7-6-8-10-15/h6-13,22,25H,14H2,1-5H3. The fourth-order valence-electron chi connectivity index (χ4n) is 4.35. The van der Waals surface area contributed by atoms with Crippen LogP contribution in [0.4, 0.5) is 0 Å². The third-order valence-electron chi connectivity index (χ3n) is 6.75. The van der Waals surface area contributed by atoms with Crippen LogP contribution in [0.2, 0.25) is 0 Å². The number of hydrogen-bond acceptors (Lipinski definition) is 3. The summed E-state index contributed by atoms with van der Waals surface area (Å²) in [7, 11) is 1.63. The Morgan fingerprint density at radius 1 is 1.04 bits per heavy atom. The van der Waals surface area contributed by atoms with Crippen molar-refractivity contribution in [2.45, 2.75) is 34.3 Å². The molecule has 2 aromatic carbocycles. The van der Waals surface area contributed by atoms with Crippen LogP contribution in [0.1, 0.15) is 43.6 Å². The molecule has 4 nitrogen and oxygen atoms in total. The summed E-state index contributed by atoms with van der Waals surface area (Å²) in [4.78, 5) is 16.5. The van der Waals surface area contributed by atoms with E-state index in [1.54, 1.807) is 7.11 Å². The molecule has 1 fully saturated rings. The Labute approximate surface area is 165 Å². The number of carbonyl (C=O) groups is 1. The van der Waals surface area contributed by atoms with Gasteiger partial charge in [0.25, 0.3) is 0 Å². The molecule has 28 heavy (non-hydrogen) atoms. The SMILES string of the molecule is COc1cc2[nH]cc(C(=O)C3C(C)(C)C3(C)C)c2cc1OCc1ccccc1. The highest BCUT2D eigenvalue weighted by molar-refractivity contribution is 6.11. The maximum atomic E-state index is 13.3. The van der Waals surface area contributed by atoms with E-state index < -0.39 is 0 Å². The molecule has 1 aliphatic rings. The molecule has 0 spiro atoms. The van der Waals surface area contributed by atoms with E-state index in [2.05, 4.69) is 32.7 Å². The number of ketones is 1. The number of benzene rings is 2. The lowest BCUT2D eigenvalue weighted by molar-refractivity contribution is 0.0947. The first-order valence-electron chi connectivity index (χ1n) is 9.67. The minimum absolute atomic E-state index is 0.00673. The predicted molar refractivity (Wildman–Crippen MR) is 111 cm³/mol. The molecule has 0 bridgehead atoms. The number of carbonyl (C=O) groups excluding carboxylic acids is 1. The lowest BCUT2D eigenvalue weighted by Gasteiger charge is -2.12. The summed E-state index contributed by atoms with van der Waals surface area (Å²) in [5.41, 5.74) is 2.70. The average molecular weight is 377 g/mol. The van der Waals surface area contributed by atoms with E-state index in [0.717, 1.165) is 22.0 Å². The van der Waals surface area contributed by atoms with Crippen molar-refractivity contribution in [3.8, 4) is 11.5 Å². The number of ether oxygens (including phenoxy) is 2. The Morgan fingerprint density at radius 3 is 2.32 bits per heavy atom. The molecule has 0 radical (unpaired) electrons. The highest BCUT2D eigenvalue weighted by atomic mass is 16.5.